The summed E-state index contributed by atoms with van der Waals surface area (Å²) in [6.45, 7) is 0. The number of methoxy groups -OCH3 is 1. The summed E-state index contributed by atoms with van der Waals surface area (Å²) in [5.74, 6) is 0.575. The van der Waals surface area contributed by atoms with Crippen LogP contribution in [0.4, 0.5) is 5.69 Å². The molecule has 0 fully saturated rings. The SMILES string of the molecule is COc1ccc(/C=C2\C(=O)Nc3ccccc32)c(Cl)c1. The van der Waals surface area contributed by atoms with Crippen LogP contribution in [0.2, 0.25) is 5.02 Å². The van der Waals surface area contributed by atoms with Crippen molar-refractivity contribution in [2.24, 2.45) is 0 Å². The lowest BCUT2D eigenvalue weighted by molar-refractivity contribution is -0.110. The molecule has 0 spiro atoms. The number of fused-ring (bicyclic) bond motifs is 1. The molecule has 0 saturated heterocycles. The van der Waals surface area contributed by atoms with Gasteiger partial charge in [-0.3, -0.25) is 4.79 Å². The molecule has 100 valence electrons. The van der Waals surface area contributed by atoms with Crippen LogP contribution in [0, 0.1) is 0 Å². The lowest BCUT2D eigenvalue weighted by atomic mass is 10.0. The summed E-state index contributed by atoms with van der Waals surface area (Å²) in [6.07, 6.45) is 1.79. The molecule has 1 amide bonds. The molecule has 1 N–H and O–H groups in total. The Bertz CT molecular complexity index is 722. The third kappa shape index (κ3) is 2.17. The predicted octanol–water partition coefficient (Wildman–Crippen LogP) is 3.84. The smallest absolute Gasteiger partial charge is 0.256 e. The summed E-state index contributed by atoms with van der Waals surface area (Å²) < 4.78 is 5.11. The predicted molar refractivity (Wildman–Crippen MR) is 80.9 cm³/mol. The van der Waals surface area contributed by atoms with Crippen LogP contribution in [-0.2, 0) is 4.79 Å². The van der Waals surface area contributed by atoms with Crippen LogP contribution in [-0.4, -0.2) is 13.0 Å². The minimum absolute atomic E-state index is 0.113. The highest BCUT2D eigenvalue weighted by Gasteiger charge is 2.23. The van der Waals surface area contributed by atoms with Gasteiger partial charge in [-0.2, -0.15) is 0 Å². The van der Waals surface area contributed by atoms with E-state index in [4.69, 9.17) is 16.3 Å². The van der Waals surface area contributed by atoms with Gasteiger partial charge in [0, 0.05) is 16.8 Å². The first kappa shape index (κ1) is 12.8. The summed E-state index contributed by atoms with van der Waals surface area (Å²) in [5.41, 5.74) is 3.12. The summed E-state index contributed by atoms with van der Waals surface area (Å²) in [5, 5.41) is 3.38. The number of anilines is 1. The Balaban J connectivity index is 2.07. The van der Waals surface area contributed by atoms with Gasteiger partial charge in [0.2, 0.25) is 0 Å². The van der Waals surface area contributed by atoms with Crippen LogP contribution in [0.15, 0.2) is 42.5 Å². The molecular weight excluding hydrogens is 274 g/mol. The summed E-state index contributed by atoms with van der Waals surface area (Å²) in [7, 11) is 1.59. The van der Waals surface area contributed by atoms with Crippen molar-refractivity contribution in [3.63, 3.8) is 0 Å². The van der Waals surface area contributed by atoms with Gasteiger partial charge in [-0.15, -0.1) is 0 Å². The molecule has 0 bridgehead atoms. The van der Waals surface area contributed by atoms with E-state index >= 15 is 0 Å². The van der Waals surface area contributed by atoms with Crippen molar-refractivity contribution in [1.82, 2.24) is 0 Å². The molecule has 1 heterocycles. The molecule has 1 aliphatic rings. The maximum Gasteiger partial charge on any atom is 0.256 e. The normalized spacial score (nSPS) is 15.1. The molecule has 0 radical (unpaired) electrons. The van der Waals surface area contributed by atoms with Gasteiger partial charge in [0.05, 0.1) is 12.1 Å². The highest BCUT2D eigenvalue weighted by atomic mass is 35.5. The number of rotatable bonds is 2. The van der Waals surface area contributed by atoms with Crippen molar-refractivity contribution in [2.75, 3.05) is 12.4 Å². The first-order chi connectivity index (χ1) is 9.69. The molecule has 3 nitrogen and oxygen atoms in total. The standard InChI is InChI=1S/C16H12ClNO2/c1-20-11-7-6-10(14(17)9-11)8-13-12-4-2-3-5-15(12)18-16(13)19/h2-9H,1H3,(H,18,19)/b13-8-. The zero-order chi connectivity index (χ0) is 14.1. The van der Waals surface area contributed by atoms with Crippen molar-refractivity contribution in [1.29, 1.82) is 0 Å². The second kappa shape index (κ2) is 5.02. The minimum Gasteiger partial charge on any atom is -0.497 e. The second-order valence-electron chi connectivity index (χ2n) is 4.45. The van der Waals surface area contributed by atoms with Crippen molar-refractivity contribution < 1.29 is 9.53 Å². The summed E-state index contributed by atoms with van der Waals surface area (Å²) >= 11 is 6.21. The van der Waals surface area contributed by atoms with Crippen molar-refractivity contribution in [3.05, 3.63) is 58.6 Å². The Morgan fingerprint density at radius 2 is 2.00 bits per heavy atom. The molecule has 1 aliphatic heterocycles. The van der Waals surface area contributed by atoms with E-state index < -0.39 is 0 Å². The van der Waals surface area contributed by atoms with Gasteiger partial charge in [-0.05, 0) is 35.9 Å². The molecule has 0 unspecified atom stereocenters. The third-order valence-electron chi connectivity index (χ3n) is 3.22. The average Bonchev–Trinajstić information content (AvgIpc) is 2.77. The highest BCUT2D eigenvalue weighted by molar-refractivity contribution is 6.37. The van der Waals surface area contributed by atoms with Gasteiger partial charge in [0.1, 0.15) is 5.75 Å². The first-order valence-corrected chi connectivity index (χ1v) is 6.53. The van der Waals surface area contributed by atoms with E-state index in [1.807, 2.05) is 36.4 Å². The number of nitrogens with one attached hydrogen (secondary N) is 1. The van der Waals surface area contributed by atoms with Gasteiger partial charge in [0.15, 0.2) is 0 Å². The van der Waals surface area contributed by atoms with Crippen LogP contribution in [0.5, 0.6) is 5.75 Å². The number of ether oxygens (including phenoxy) is 1. The molecule has 0 aliphatic carbocycles. The average molecular weight is 286 g/mol. The number of halogens is 1. The lowest BCUT2D eigenvalue weighted by Crippen LogP contribution is -2.03. The van der Waals surface area contributed by atoms with E-state index in [0.717, 1.165) is 16.8 Å². The Hall–Kier alpha value is -2.26. The van der Waals surface area contributed by atoms with E-state index in [1.165, 1.54) is 0 Å². The number of para-hydroxylation sites is 1. The van der Waals surface area contributed by atoms with Crippen molar-refractivity contribution in [2.45, 2.75) is 0 Å². The second-order valence-corrected chi connectivity index (χ2v) is 4.85. The van der Waals surface area contributed by atoms with Crippen LogP contribution >= 0.6 is 11.6 Å². The van der Waals surface area contributed by atoms with Gasteiger partial charge >= 0.3 is 0 Å². The highest BCUT2D eigenvalue weighted by Crippen LogP contribution is 2.34. The monoisotopic (exact) mass is 285 g/mol. The van der Waals surface area contributed by atoms with Gasteiger partial charge in [0.25, 0.3) is 5.91 Å². The molecule has 2 aromatic rings. The summed E-state index contributed by atoms with van der Waals surface area (Å²) in [4.78, 5) is 12.0. The number of amides is 1. The zero-order valence-corrected chi connectivity index (χ0v) is 11.6. The van der Waals surface area contributed by atoms with E-state index in [-0.39, 0.29) is 5.91 Å². The zero-order valence-electron chi connectivity index (χ0n) is 10.8. The topological polar surface area (TPSA) is 38.3 Å². The Morgan fingerprint density at radius 3 is 2.75 bits per heavy atom. The van der Waals surface area contributed by atoms with Crippen LogP contribution in [0.1, 0.15) is 11.1 Å². The van der Waals surface area contributed by atoms with Crippen molar-refractivity contribution >= 4 is 34.8 Å². The fraction of sp³-hybridized carbons (Fsp3) is 0.0625. The molecular formula is C16H12ClNO2. The molecule has 3 rings (SSSR count). The van der Waals surface area contributed by atoms with E-state index in [9.17, 15) is 4.79 Å². The van der Waals surface area contributed by atoms with E-state index in [2.05, 4.69) is 5.32 Å². The Morgan fingerprint density at radius 1 is 1.20 bits per heavy atom. The van der Waals surface area contributed by atoms with E-state index in [0.29, 0.717) is 16.3 Å². The largest absolute Gasteiger partial charge is 0.497 e. The molecule has 0 aromatic heterocycles. The first-order valence-electron chi connectivity index (χ1n) is 6.15. The van der Waals surface area contributed by atoms with E-state index in [1.54, 1.807) is 19.3 Å². The molecule has 4 heteroatoms. The van der Waals surface area contributed by atoms with Crippen molar-refractivity contribution in [3.8, 4) is 5.75 Å². The van der Waals surface area contributed by atoms with Gasteiger partial charge < -0.3 is 10.1 Å². The quantitative estimate of drug-likeness (QED) is 0.851. The number of hydrogen-bond acceptors (Lipinski definition) is 2. The lowest BCUT2D eigenvalue weighted by Gasteiger charge is -2.04. The van der Waals surface area contributed by atoms with Crippen LogP contribution < -0.4 is 10.1 Å². The fourth-order valence-electron chi connectivity index (χ4n) is 2.19. The Kier molecular flexibility index (Phi) is 3.20. The summed E-state index contributed by atoms with van der Waals surface area (Å²) in [6, 6.07) is 13.0. The van der Waals surface area contributed by atoms with Gasteiger partial charge in [-0.1, -0.05) is 29.8 Å². The molecule has 2 aromatic carbocycles. The molecule has 0 saturated carbocycles. The number of carbonyl (C=O) groups is 1. The van der Waals surface area contributed by atoms with Crippen LogP contribution in [0.25, 0.3) is 11.6 Å². The number of benzene rings is 2. The number of carbonyl (C=O) groups excluding carboxylic acids is 1. The maximum absolute atomic E-state index is 12.0. The molecule has 20 heavy (non-hydrogen) atoms. The fourth-order valence-corrected chi connectivity index (χ4v) is 2.41. The molecule has 0 atom stereocenters. The Labute approximate surface area is 121 Å². The van der Waals surface area contributed by atoms with Crippen LogP contribution in [0.3, 0.4) is 0 Å². The minimum atomic E-state index is -0.113. The maximum atomic E-state index is 12.0. The third-order valence-corrected chi connectivity index (χ3v) is 3.54. The van der Waals surface area contributed by atoms with Gasteiger partial charge in [-0.25, -0.2) is 0 Å². The number of hydrogen-bond donors (Lipinski definition) is 1.